The zero-order valence-corrected chi connectivity index (χ0v) is 23.4. The molecule has 4 aromatic heterocycles. The van der Waals surface area contributed by atoms with E-state index < -0.39 is 37.2 Å². The number of nitrogens with one attached hydrogen (secondary N) is 1. The van der Waals surface area contributed by atoms with Crippen molar-refractivity contribution < 1.29 is 27.5 Å². The number of alkyl halides is 1. The van der Waals surface area contributed by atoms with Crippen molar-refractivity contribution in [1.29, 1.82) is 0 Å². The molecule has 17 nitrogen and oxygen atoms in total. The molecule has 2 aliphatic heterocycles. The molecular weight excluding hydrogens is 584 g/mol. The second-order valence-corrected chi connectivity index (χ2v) is 12.7. The molecule has 0 saturated carbocycles. The van der Waals surface area contributed by atoms with E-state index in [0.717, 1.165) is 10.2 Å². The highest BCUT2D eigenvalue weighted by atomic mass is 32.7. The minimum Gasteiger partial charge on any atom is -0.369 e. The Balaban J connectivity index is 1.24. The smallest absolute Gasteiger partial charge is 0.369 e. The van der Waals surface area contributed by atoms with Crippen LogP contribution in [0.15, 0.2) is 17.3 Å². The standard InChI is InChI=1S/C21H27FN11O6PS/c1-9-3-2-4-10-5-12(11-6-27-33-16(11)25-8-26-21(33)24)38-13(10)7-36-40(35,41)39-15(22)19(37-9)32-17-14(30-31-32)18(34)29-20(23)28-17/h6,8-10,12-13,15,19H,2-5,7H2,1H3,(H,35,41)(H2,24,25,26)(H3,23,28,29,34)/t9-,10-,12+,13+,15-,19+,40?/m0/s1. The fourth-order valence-corrected chi connectivity index (χ4v) is 6.39. The molecule has 2 aliphatic rings. The summed E-state index contributed by atoms with van der Waals surface area (Å²) in [6, 6.07) is 0. The van der Waals surface area contributed by atoms with Gasteiger partial charge < -0.3 is 20.9 Å². The first-order valence-corrected chi connectivity index (χ1v) is 15.4. The van der Waals surface area contributed by atoms with E-state index in [9.17, 15) is 9.36 Å². The number of anilines is 2. The molecule has 0 radical (unpaired) electrons. The highest BCUT2D eigenvalue weighted by Gasteiger charge is 2.41. The molecule has 0 bridgehead atoms. The predicted molar refractivity (Wildman–Crippen MR) is 143 cm³/mol. The number of ether oxygens (including phenoxy) is 2. The van der Waals surface area contributed by atoms with Gasteiger partial charge >= 0.3 is 6.80 Å². The van der Waals surface area contributed by atoms with Crippen LogP contribution in [0, 0.1) is 5.92 Å². The van der Waals surface area contributed by atoms with E-state index in [1.165, 1.54) is 10.8 Å². The van der Waals surface area contributed by atoms with E-state index in [4.69, 9.17) is 30.0 Å². The van der Waals surface area contributed by atoms with Crippen molar-refractivity contribution in [2.45, 2.75) is 63.5 Å². The fourth-order valence-electron chi connectivity index (χ4n) is 5.17. The van der Waals surface area contributed by atoms with Gasteiger partial charge in [-0.1, -0.05) is 23.9 Å². The van der Waals surface area contributed by atoms with Gasteiger partial charge in [0.15, 0.2) is 16.8 Å². The predicted octanol–water partition coefficient (Wildman–Crippen LogP) is 1.72. The third kappa shape index (κ3) is 5.52. The Bertz CT molecular complexity index is 1680. The monoisotopic (exact) mass is 611 g/mol. The Labute approximate surface area is 235 Å². The van der Waals surface area contributed by atoms with Crippen LogP contribution in [0.4, 0.5) is 16.3 Å². The molecule has 2 fully saturated rings. The van der Waals surface area contributed by atoms with Crippen molar-refractivity contribution in [2.24, 2.45) is 5.92 Å². The third-order valence-electron chi connectivity index (χ3n) is 7.10. The third-order valence-corrected chi connectivity index (χ3v) is 8.67. The Morgan fingerprint density at radius 3 is 2.88 bits per heavy atom. The number of nitrogens with zero attached hydrogens (tertiary/aromatic N) is 8. The number of fused-ring (bicyclic) bond motifs is 3. The Morgan fingerprint density at radius 2 is 2.05 bits per heavy atom. The molecule has 6 heterocycles. The van der Waals surface area contributed by atoms with Crippen molar-refractivity contribution in [1.82, 2.24) is 44.5 Å². The average molecular weight is 612 g/mol. The summed E-state index contributed by atoms with van der Waals surface area (Å²) in [6.07, 6.45) is 0.0812. The molecule has 0 aliphatic carbocycles. The van der Waals surface area contributed by atoms with Crippen LogP contribution < -0.4 is 17.0 Å². The number of hydrogen-bond donors (Lipinski definition) is 4. The number of nitrogen functional groups attached to an aromatic ring is 2. The maximum absolute atomic E-state index is 15.7. The first-order valence-electron chi connectivity index (χ1n) is 12.7. The van der Waals surface area contributed by atoms with Gasteiger partial charge in [-0.2, -0.15) is 19.3 Å². The van der Waals surface area contributed by atoms with Crippen molar-refractivity contribution in [2.75, 3.05) is 18.1 Å². The van der Waals surface area contributed by atoms with Crippen LogP contribution in [-0.2, 0) is 23.1 Å². The molecule has 220 valence electrons. The van der Waals surface area contributed by atoms with Crippen LogP contribution in [0.25, 0.3) is 16.8 Å². The van der Waals surface area contributed by atoms with Gasteiger partial charge in [0.1, 0.15) is 6.33 Å². The fraction of sp³-hybridized carbons (Fsp3) is 0.571. The molecule has 20 heteroatoms. The van der Waals surface area contributed by atoms with Crippen LogP contribution >= 0.6 is 19.0 Å². The van der Waals surface area contributed by atoms with Gasteiger partial charge in [0, 0.05) is 5.56 Å². The average Bonchev–Trinajstić information content (AvgIpc) is 3.63. The van der Waals surface area contributed by atoms with Crippen molar-refractivity contribution >= 4 is 47.8 Å². The highest BCUT2D eigenvalue weighted by Crippen LogP contribution is 2.56. The van der Waals surface area contributed by atoms with E-state index in [-0.39, 0.29) is 41.7 Å². The van der Waals surface area contributed by atoms with E-state index >= 15 is 4.39 Å². The lowest BCUT2D eigenvalue weighted by Crippen LogP contribution is -2.30. The molecule has 5 N–H and O–H groups in total. The van der Waals surface area contributed by atoms with E-state index in [1.807, 2.05) is 0 Å². The van der Waals surface area contributed by atoms with E-state index in [0.29, 0.717) is 31.3 Å². The van der Waals surface area contributed by atoms with Gasteiger partial charge in [0.05, 0.1) is 31.1 Å². The molecular formula is C21H27FN11O6PS. The first-order chi connectivity index (χ1) is 19.6. The summed E-state index contributed by atoms with van der Waals surface area (Å²) in [5.41, 5.74) is 11.8. The summed E-state index contributed by atoms with van der Waals surface area (Å²) >= 11 is 3.98. The van der Waals surface area contributed by atoms with Gasteiger partial charge in [-0.3, -0.25) is 18.8 Å². The van der Waals surface area contributed by atoms with Crippen molar-refractivity contribution in [3.63, 3.8) is 0 Å². The number of H-pyrrole nitrogens is 1. The summed E-state index contributed by atoms with van der Waals surface area (Å²) < 4.78 is 54.0. The molecule has 1 unspecified atom stereocenters. The minimum absolute atomic E-state index is 0.00875. The molecule has 0 aromatic carbocycles. The van der Waals surface area contributed by atoms with Crippen LogP contribution in [0.5, 0.6) is 0 Å². The summed E-state index contributed by atoms with van der Waals surface area (Å²) in [6.45, 7) is -2.72. The van der Waals surface area contributed by atoms with Crippen LogP contribution in [0.3, 0.4) is 0 Å². The van der Waals surface area contributed by atoms with Gasteiger partial charge in [0.25, 0.3) is 11.9 Å². The van der Waals surface area contributed by atoms with E-state index in [1.54, 1.807) is 13.1 Å². The first kappa shape index (κ1) is 27.9. The van der Waals surface area contributed by atoms with Crippen LogP contribution in [0.1, 0.15) is 50.5 Å². The zero-order chi connectivity index (χ0) is 28.9. The molecule has 0 spiro atoms. The van der Waals surface area contributed by atoms with Crippen LogP contribution in [0.2, 0.25) is 0 Å². The SMILES string of the molecule is C[C@H]1CCC[C@H]2C[C@H](c3cnn4c(N)ncnc34)O[C@@H]2COP(=O)(S)O[C@H](F)[C@H](n2nnc3c(=O)[nH]c(N)nc32)O1. The quantitative estimate of drug-likeness (QED) is 0.187. The molecule has 4 aromatic rings. The Kier molecular flexibility index (Phi) is 7.41. The summed E-state index contributed by atoms with van der Waals surface area (Å²) in [7, 11) is 0. The number of thiol groups is 1. The highest BCUT2D eigenvalue weighted by molar-refractivity contribution is 8.44. The number of aromatic nitrogens is 9. The second-order valence-electron chi connectivity index (χ2n) is 9.87. The minimum atomic E-state index is -4.29. The number of halogens is 1. The zero-order valence-electron chi connectivity index (χ0n) is 21.6. The number of rotatable bonds is 2. The lowest BCUT2D eigenvalue weighted by Gasteiger charge is -2.26. The van der Waals surface area contributed by atoms with E-state index in [2.05, 4.69) is 47.6 Å². The van der Waals surface area contributed by atoms with Crippen molar-refractivity contribution in [3.8, 4) is 0 Å². The topological polar surface area (TPSA) is 226 Å². The Hall–Kier alpha value is -3.22. The summed E-state index contributed by atoms with van der Waals surface area (Å²) in [4.78, 5) is 26.7. The van der Waals surface area contributed by atoms with Gasteiger partial charge in [-0.25, -0.2) is 18.9 Å². The lowest BCUT2D eigenvalue weighted by molar-refractivity contribution is -0.154. The Morgan fingerprint density at radius 1 is 1.22 bits per heavy atom. The maximum atomic E-state index is 15.7. The van der Waals surface area contributed by atoms with Crippen molar-refractivity contribution in [3.05, 3.63) is 28.4 Å². The number of aromatic amines is 1. The molecule has 7 atom stereocenters. The van der Waals surface area contributed by atoms with Crippen LogP contribution in [-0.4, -0.2) is 69.7 Å². The molecule has 2 saturated heterocycles. The molecule has 41 heavy (non-hydrogen) atoms. The molecule has 0 amide bonds. The van der Waals surface area contributed by atoms with Gasteiger partial charge in [0.2, 0.25) is 18.1 Å². The maximum Gasteiger partial charge on any atom is 0.388 e. The lowest BCUT2D eigenvalue weighted by atomic mass is 9.92. The second kappa shape index (κ2) is 10.9. The van der Waals surface area contributed by atoms with Gasteiger partial charge in [-0.15, -0.1) is 5.10 Å². The summed E-state index contributed by atoms with van der Waals surface area (Å²) in [5, 5.41) is 11.8. The largest absolute Gasteiger partial charge is 0.388 e. The number of nitrogens with two attached hydrogens (primary N) is 2. The normalized spacial score (nSPS) is 31.9. The van der Waals surface area contributed by atoms with Gasteiger partial charge in [-0.05, 0) is 32.1 Å². The summed E-state index contributed by atoms with van der Waals surface area (Å²) in [5.74, 6) is -0.0463. The molecule has 6 rings (SSSR count). The number of hydrogen-bond acceptors (Lipinski definition) is 14.